The maximum Gasteiger partial charge on any atom is 0.251 e. The summed E-state index contributed by atoms with van der Waals surface area (Å²) in [5, 5.41) is 2.98. The molecular weight excluding hydrogens is 482 g/mol. The average molecular weight is 518 g/mol. The maximum atomic E-state index is 12.8. The second kappa shape index (κ2) is 12.9. The Hall–Kier alpha value is -4.20. The van der Waals surface area contributed by atoms with Crippen molar-refractivity contribution in [1.82, 2.24) is 14.9 Å². The number of aromatic nitrogens is 2. The predicted molar refractivity (Wildman–Crippen MR) is 148 cm³/mol. The maximum absolute atomic E-state index is 12.8. The van der Waals surface area contributed by atoms with E-state index < -0.39 is 0 Å². The largest absolute Gasteiger partial charge is 0.493 e. The number of hydrogen-bond donors (Lipinski definition) is 1. The van der Waals surface area contributed by atoms with Crippen molar-refractivity contribution in [2.45, 2.75) is 32.7 Å². The Bertz CT molecular complexity index is 1340. The van der Waals surface area contributed by atoms with Gasteiger partial charge in [-0.05, 0) is 54.8 Å². The van der Waals surface area contributed by atoms with Crippen molar-refractivity contribution in [3.63, 3.8) is 0 Å². The molecule has 8 nitrogen and oxygen atoms in total. The first-order chi connectivity index (χ1) is 18.6. The minimum Gasteiger partial charge on any atom is -0.493 e. The van der Waals surface area contributed by atoms with Crippen LogP contribution in [-0.4, -0.2) is 49.9 Å². The van der Waals surface area contributed by atoms with E-state index >= 15 is 0 Å². The van der Waals surface area contributed by atoms with E-state index in [-0.39, 0.29) is 5.91 Å². The van der Waals surface area contributed by atoms with E-state index in [1.165, 1.54) is 26.9 Å². The molecule has 0 bridgehead atoms. The highest BCUT2D eigenvalue weighted by Gasteiger charge is 2.17. The Morgan fingerprint density at radius 1 is 0.947 bits per heavy atom. The number of nitrogens with one attached hydrogen (secondary N) is 1. The summed E-state index contributed by atoms with van der Waals surface area (Å²) in [5.74, 6) is 2.96. The van der Waals surface area contributed by atoms with Crippen LogP contribution in [0.1, 0.15) is 35.1 Å². The molecule has 4 rings (SSSR count). The third kappa shape index (κ3) is 6.19. The molecule has 8 heteroatoms. The molecule has 1 amide bonds. The smallest absolute Gasteiger partial charge is 0.251 e. The quantitative estimate of drug-likeness (QED) is 0.250. The second-order valence-electron chi connectivity index (χ2n) is 8.79. The van der Waals surface area contributed by atoms with Crippen molar-refractivity contribution in [3.05, 3.63) is 77.6 Å². The van der Waals surface area contributed by atoms with E-state index in [0.717, 1.165) is 41.9 Å². The average Bonchev–Trinajstić information content (AvgIpc) is 3.31. The molecule has 0 radical (unpaired) electrons. The molecule has 1 N–H and O–H groups in total. The highest BCUT2D eigenvalue weighted by Crippen LogP contribution is 2.38. The van der Waals surface area contributed by atoms with Crippen LogP contribution in [0, 0.1) is 0 Å². The fourth-order valence-corrected chi connectivity index (χ4v) is 4.40. The van der Waals surface area contributed by atoms with Crippen LogP contribution in [0.2, 0.25) is 0 Å². The van der Waals surface area contributed by atoms with Crippen LogP contribution in [0.15, 0.2) is 60.7 Å². The van der Waals surface area contributed by atoms with E-state index in [9.17, 15) is 4.79 Å². The summed E-state index contributed by atoms with van der Waals surface area (Å²) in [6, 6.07) is 19.6. The number of ether oxygens (including phenoxy) is 4. The normalized spacial score (nSPS) is 10.8. The van der Waals surface area contributed by atoms with Gasteiger partial charge >= 0.3 is 0 Å². The number of nitrogens with zero attached hydrogens (tertiary/aromatic N) is 2. The van der Waals surface area contributed by atoms with Crippen molar-refractivity contribution in [3.8, 4) is 23.0 Å². The molecule has 0 aliphatic heterocycles. The van der Waals surface area contributed by atoms with Crippen LogP contribution in [0.3, 0.4) is 0 Å². The zero-order valence-corrected chi connectivity index (χ0v) is 22.5. The molecule has 0 saturated heterocycles. The molecule has 1 heterocycles. The van der Waals surface area contributed by atoms with E-state index in [0.29, 0.717) is 42.5 Å². The fraction of sp³-hybridized carbons (Fsp3) is 0.333. The predicted octanol–water partition coefficient (Wildman–Crippen LogP) is 5.07. The van der Waals surface area contributed by atoms with E-state index in [2.05, 4.69) is 35.0 Å². The number of amides is 1. The number of aryl methyl sites for hydroxylation is 2. The van der Waals surface area contributed by atoms with Gasteiger partial charge in [0.15, 0.2) is 11.5 Å². The van der Waals surface area contributed by atoms with Gasteiger partial charge in [0.05, 0.1) is 38.9 Å². The summed E-state index contributed by atoms with van der Waals surface area (Å²) in [7, 11) is 4.58. The molecule has 3 aromatic carbocycles. The highest BCUT2D eigenvalue weighted by atomic mass is 16.5. The molecule has 0 atom stereocenters. The van der Waals surface area contributed by atoms with Crippen molar-refractivity contribution >= 4 is 16.9 Å². The Labute approximate surface area is 223 Å². The van der Waals surface area contributed by atoms with Gasteiger partial charge in [0.2, 0.25) is 5.75 Å². The number of benzene rings is 3. The van der Waals surface area contributed by atoms with Gasteiger partial charge in [0.1, 0.15) is 18.2 Å². The minimum atomic E-state index is -0.208. The number of fused-ring (bicyclic) bond motifs is 1. The summed E-state index contributed by atoms with van der Waals surface area (Å²) in [6.07, 6.45) is 2.46. The number of para-hydroxylation sites is 2. The lowest BCUT2D eigenvalue weighted by Crippen LogP contribution is -2.25. The van der Waals surface area contributed by atoms with Crippen molar-refractivity contribution in [1.29, 1.82) is 0 Å². The monoisotopic (exact) mass is 517 g/mol. The SMILES string of the molecule is CCc1ccc(OCCn2c(CCCNC(=O)c3cc(OC)c(OC)c(OC)c3)nc3ccccc32)cc1. The van der Waals surface area contributed by atoms with Crippen molar-refractivity contribution < 1.29 is 23.7 Å². The summed E-state index contributed by atoms with van der Waals surface area (Å²) in [6.45, 7) is 3.86. The van der Waals surface area contributed by atoms with Crippen LogP contribution in [0.5, 0.6) is 23.0 Å². The summed E-state index contributed by atoms with van der Waals surface area (Å²) >= 11 is 0. The zero-order valence-electron chi connectivity index (χ0n) is 22.5. The summed E-state index contributed by atoms with van der Waals surface area (Å²) < 4.78 is 24.3. The Morgan fingerprint density at radius 3 is 2.32 bits per heavy atom. The van der Waals surface area contributed by atoms with E-state index in [1.54, 1.807) is 12.1 Å². The summed E-state index contributed by atoms with van der Waals surface area (Å²) in [5.41, 5.74) is 3.76. The Balaban J connectivity index is 1.37. The standard InChI is InChI=1S/C30H35N3O5/c1-5-21-12-14-23(15-13-21)38-18-17-33-25-10-7-6-9-24(25)32-28(33)11-8-16-31-30(34)22-19-26(35-2)29(37-4)27(20-22)36-3/h6-7,9-10,12-15,19-20H,5,8,11,16-18H2,1-4H3,(H,31,34). The third-order valence-corrected chi connectivity index (χ3v) is 6.44. The molecular formula is C30H35N3O5. The first kappa shape index (κ1) is 26.9. The molecule has 200 valence electrons. The lowest BCUT2D eigenvalue weighted by Gasteiger charge is -2.14. The van der Waals surface area contributed by atoms with Gasteiger partial charge in [-0.2, -0.15) is 0 Å². The van der Waals surface area contributed by atoms with E-state index in [4.69, 9.17) is 23.9 Å². The Kier molecular flexibility index (Phi) is 9.08. The lowest BCUT2D eigenvalue weighted by atomic mass is 10.1. The second-order valence-corrected chi connectivity index (χ2v) is 8.79. The molecule has 38 heavy (non-hydrogen) atoms. The first-order valence-electron chi connectivity index (χ1n) is 12.8. The summed E-state index contributed by atoms with van der Waals surface area (Å²) in [4.78, 5) is 17.7. The zero-order chi connectivity index (χ0) is 26.9. The molecule has 4 aromatic rings. The van der Waals surface area contributed by atoms with Crippen LogP contribution < -0.4 is 24.3 Å². The van der Waals surface area contributed by atoms with Gasteiger partial charge < -0.3 is 28.8 Å². The molecule has 0 aliphatic rings. The molecule has 0 unspecified atom stereocenters. The van der Waals surface area contributed by atoms with Gasteiger partial charge in [0.25, 0.3) is 5.91 Å². The first-order valence-corrected chi connectivity index (χ1v) is 12.8. The molecule has 0 aliphatic carbocycles. The van der Waals surface area contributed by atoms with Gasteiger partial charge in [-0.3, -0.25) is 4.79 Å². The molecule has 0 saturated carbocycles. The van der Waals surface area contributed by atoms with Crippen molar-refractivity contribution in [2.75, 3.05) is 34.5 Å². The highest BCUT2D eigenvalue weighted by molar-refractivity contribution is 5.95. The number of hydrogen-bond acceptors (Lipinski definition) is 6. The molecule has 0 spiro atoms. The number of carbonyl (C=O) groups excluding carboxylic acids is 1. The van der Waals surface area contributed by atoms with Crippen LogP contribution in [0.25, 0.3) is 11.0 Å². The number of methoxy groups -OCH3 is 3. The van der Waals surface area contributed by atoms with Gasteiger partial charge in [0, 0.05) is 18.5 Å². The van der Waals surface area contributed by atoms with Crippen LogP contribution >= 0.6 is 0 Å². The van der Waals surface area contributed by atoms with Gasteiger partial charge in [-0.1, -0.05) is 31.2 Å². The molecule has 0 fully saturated rings. The topological polar surface area (TPSA) is 83.8 Å². The Morgan fingerprint density at radius 2 is 1.66 bits per heavy atom. The third-order valence-electron chi connectivity index (χ3n) is 6.44. The van der Waals surface area contributed by atoms with E-state index in [1.807, 2.05) is 30.3 Å². The van der Waals surface area contributed by atoms with Crippen LogP contribution in [-0.2, 0) is 19.4 Å². The number of imidazole rings is 1. The number of carbonyl (C=O) groups is 1. The number of rotatable bonds is 13. The fourth-order valence-electron chi connectivity index (χ4n) is 4.40. The minimum absolute atomic E-state index is 0.208. The van der Waals surface area contributed by atoms with Crippen molar-refractivity contribution in [2.24, 2.45) is 0 Å². The molecule has 1 aromatic heterocycles. The van der Waals surface area contributed by atoms with Gasteiger partial charge in [-0.25, -0.2) is 4.98 Å². The van der Waals surface area contributed by atoms with Gasteiger partial charge in [-0.15, -0.1) is 0 Å². The lowest BCUT2D eigenvalue weighted by molar-refractivity contribution is 0.0952. The van der Waals surface area contributed by atoms with Crippen LogP contribution in [0.4, 0.5) is 0 Å².